The second-order valence-electron chi connectivity index (χ2n) is 4.97. The maximum absolute atomic E-state index is 13.5. The Hall–Kier alpha value is -1.80. The van der Waals surface area contributed by atoms with Crippen LogP contribution in [0.25, 0.3) is 15.9 Å². The summed E-state index contributed by atoms with van der Waals surface area (Å²) in [5.74, 6) is 0.750. The molecule has 0 atom stereocenters. The predicted molar refractivity (Wildman–Crippen MR) is 75.8 cm³/mol. The van der Waals surface area contributed by atoms with Crippen LogP contribution in [0.2, 0.25) is 0 Å². The van der Waals surface area contributed by atoms with E-state index in [0.717, 1.165) is 48.9 Å². The summed E-state index contributed by atoms with van der Waals surface area (Å²) < 4.78 is 15.2. The van der Waals surface area contributed by atoms with Crippen molar-refractivity contribution in [3.63, 3.8) is 0 Å². The Balaban J connectivity index is 1.90. The van der Waals surface area contributed by atoms with Crippen LogP contribution in [-0.2, 0) is 0 Å². The molecule has 6 nitrogen and oxygen atoms in total. The van der Waals surface area contributed by atoms with Gasteiger partial charge in [0.25, 0.3) is 0 Å². The van der Waals surface area contributed by atoms with Crippen LogP contribution in [0.5, 0.6) is 0 Å². The Labute approximate surface area is 118 Å². The molecular formula is C12H13FN6S. The van der Waals surface area contributed by atoms with Crippen molar-refractivity contribution in [1.82, 2.24) is 24.5 Å². The Morgan fingerprint density at radius 1 is 1.25 bits per heavy atom. The van der Waals surface area contributed by atoms with Gasteiger partial charge in [-0.1, -0.05) is 11.3 Å². The van der Waals surface area contributed by atoms with E-state index in [1.54, 1.807) is 4.52 Å². The monoisotopic (exact) mass is 292 g/mol. The zero-order valence-electron chi connectivity index (χ0n) is 11.0. The summed E-state index contributed by atoms with van der Waals surface area (Å²) in [5, 5.41) is 4.72. The Bertz CT molecular complexity index is 773. The van der Waals surface area contributed by atoms with Crippen molar-refractivity contribution in [3.05, 3.63) is 17.5 Å². The first-order valence-corrected chi connectivity index (χ1v) is 7.26. The average molecular weight is 292 g/mol. The number of halogens is 1. The lowest BCUT2D eigenvalue weighted by molar-refractivity contribution is 0.310. The lowest BCUT2D eigenvalue weighted by Crippen LogP contribution is -2.45. The summed E-state index contributed by atoms with van der Waals surface area (Å²) in [6.45, 7) is 3.74. The van der Waals surface area contributed by atoms with E-state index >= 15 is 0 Å². The van der Waals surface area contributed by atoms with Crippen molar-refractivity contribution in [3.8, 4) is 0 Å². The highest BCUT2D eigenvalue weighted by Crippen LogP contribution is 2.28. The lowest BCUT2D eigenvalue weighted by Gasteiger charge is -2.32. The molecule has 104 valence electrons. The maximum atomic E-state index is 13.5. The fourth-order valence-electron chi connectivity index (χ4n) is 2.52. The zero-order chi connectivity index (χ0) is 13.7. The third-order valence-corrected chi connectivity index (χ3v) is 4.47. The van der Waals surface area contributed by atoms with Gasteiger partial charge in [-0.15, -0.1) is 0 Å². The van der Waals surface area contributed by atoms with E-state index < -0.39 is 0 Å². The Kier molecular flexibility index (Phi) is 2.61. The Morgan fingerprint density at radius 2 is 2.05 bits per heavy atom. The van der Waals surface area contributed by atoms with Crippen molar-refractivity contribution in [2.24, 2.45) is 0 Å². The first kappa shape index (κ1) is 12.0. The second-order valence-corrected chi connectivity index (χ2v) is 5.95. The fourth-order valence-corrected chi connectivity index (χ4v) is 3.27. The normalized spacial score (nSPS) is 17.4. The van der Waals surface area contributed by atoms with E-state index in [2.05, 4.69) is 31.9 Å². The first-order valence-electron chi connectivity index (χ1n) is 6.44. The summed E-state index contributed by atoms with van der Waals surface area (Å²) in [7, 11) is 2.10. The van der Waals surface area contributed by atoms with Gasteiger partial charge in [0.2, 0.25) is 5.95 Å². The van der Waals surface area contributed by atoms with Crippen molar-refractivity contribution in [1.29, 1.82) is 0 Å². The van der Waals surface area contributed by atoms with Crippen molar-refractivity contribution in [2.75, 3.05) is 38.1 Å². The summed E-state index contributed by atoms with van der Waals surface area (Å²) in [6.07, 6.45) is 1.49. The van der Waals surface area contributed by atoms with E-state index in [-0.39, 0.29) is 5.13 Å². The molecule has 0 N–H and O–H groups in total. The molecule has 0 aliphatic carbocycles. The average Bonchev–Trinajstić information content (AvgIpc) is 3.03. The molecule has 3 aromatic heterocycles. The zero-order valence-corrected chi connectivity index (χ0v) is 11.8. The quantitative estimate of drug-likeness (QED) is 0.675. The topological polar surface area (TPSA) is 49.6 Å². The molecule has 0 radical (unpaired) electrons. The maximum Gasteiger partial charge on any atom is 0.230 e. The van der Waals surface area contributed by atoms with Crippen molar-refractivity contribution < 1.29 is 4.39 Å². The van der Waals surface area contributed by atoms with Crippen LogP contribution in [0.3, 0.4) is 0 Å². The fraction of sp³-hybridized carbons (Fsp3) is 0.417. The van der Waals surface area contributed by atoms with Crippen LogP contribution in [0.1, 0.15) is 0 Å². The summed E-state index contributed by atoms with van der Waals surface area (Å²) in [4.78, 5) is 14.0. The van der Waals surface area contributed by atoms with Gasteiger partial charge in [0.05, 0.1) is 5.39 Å². The standard InChI is InChI=1S/C12H13FN6S/c1-17-2-4-18(5-3-17)12-16-11-8(6-9(13)20-11)10-14-7-15-19(10)12/h6-7H,2-5H2,1H3. The van der Waals surface area contributed by atoms with E-state index in [4.69, 9.17) is 0 Å². The minimum Gasteiger partial charge on any atom is -0.338 e. The van der Waals surface area contributed by atoms with E-state index in [1.165, 1.54) is 12.4 Å². The number of fused-ring (bicyclic) bond motifs is 3. The molecular weight excluding hydrogens is 279 g/mol. The highest BCUT2D eigenvalue weighted by molar-refractivity contribution is 7.17. The third-order valence-electron chi connectivity index (χ3n) is 3.65. The molecule has 0 unspecified atom stereocenters. The third kappa shape index (κ3) is 1.75. The van der Waals surface area contributed by atoms with Crippen molar-refractivity contribution in [2.45, 2.75) is 0 Å². The molecule has 0 bridgehead atoms. The van der Waals surface area contributed by atoms with Gasteiger partial charge in [0.1, 0.15) is 11.2 Å². The van der Waals surface area contributed by atoms with Crippen LogP contribution >= 0.6 is 11.3 Å². The molecule has 20 heavy (non-hydrogen) atoms. The van der Waals surface area contributed by atoms with Gasteiger partial charge in [-0.05, 0) is 13.1 Å². The number of rotatable bonds is 1. The number of hydrogen-bond acceptors (Lipinski definition) is 6. The van der Waals surface area contributed by atoms with E-state index in [0.29, 0.717) is 10.5 Å². The summed E-state index contributed by atoms with van der Waals surface area (Å²) in [6, 6.07) is 1.48. The van der Waals surface area contributed by atoms with Gasteiger partial charge < -0.3 is 9.80 Å². The van der Waals surface area contributed by atoms with Gasteiger partial charge in [-0.2, -0.15) is 14.0 Å². The van der Waals surface area contributed by atoms with Gasteiger partial charge in [0, 0.05) is 26.2 Å². The van der Waals surface area contributed by atoms with Gasteiger partial charge in [-0.3, -0.25) is 0 Å². The molecule has 1 saturated heterocycles. The van der Waals surface area contributed by atoms with Crippen LogP contribution in [0, 0.1) is 5.13 Å². The van der Waals surface area contributed by atoms with E-state index in [9.17, 15) is 4.39 Å². The molecule has 1 fully saturated rings. The molecule has 0 spiro atoms. The largest absolute Gasteiger partial charge is 0.338 e. The number of thiophene rings is 1. The molecule has 1 aliphatic heterocycles. The summed E-state index contributed by atoms with van der Waals surface area (Å²) >= 11 is 1.05. The first-order chi connectivity index (χ1) is 9.72. The molecule has 1 aliphatic rings. The smallest absolute Gasteiger partial charge is 0.230 e. The predicted octanol–water partition coefficient (Wildman–Crippen LogP) is 1.23. The number of aromatic nitrogens is 4. The number of hydrogen-bond donors (Lipinski definition) is 0. The number of anilines is 1. The highest BCUT2D eigenvalue weighted by atomic mass is 32.1. The SMILES string of the molecule is CN1CCN(c2nc3sc(F)cc3c3ncnn23)CC1. The molecule has 4 rings (SSSR count). The molecule has 0 saturated carbocycles. The number of nitrogens with zero attached hydrogens (tertiary/aromatic N) is 6. The van der Waals surface area contributed by atoms with Gasteiger partial charge in [0.15, 0.2) is 10.8 Å². The van der Waals surface area contributed by atoms with Crippen molar-refractivity contribution >= 4 is 33.1 Å². The van der Waals surface area contributed by atoms with Crippen LogP contribution < -0.4 is 4.90 Å². The van der Waals surface area contributed by atoms with Crippen LogP contribution in [0.15, 0.2) is 12.4 Å². The molecule has 3 aromatic rings. The van der Waals surface area contributed by atoms with Crippen LogP contribution in [0.4, 0.5) is 10.3 Å². The second kappa shape index (κ2) is 4.35. The summed E-state index contributed by atoms with van der Waals surface area (Å²) in [5.41, 5.74) is 0.670. The van der Waals surface area contributed by atoms with Gasteiger partial charge >= 0.3 is 0 Å². The molecule has 0 aromatic carbocycles. The van der Waals surface area contributed by atoms with Crippen LogP contribution in [-0.4, -0.2) is 57.7 Å². The molecule has 8 heteroatoms. The highest BCUT2D eigenvalue weighted by Gasteiger charge is 2.21. The molecule has 4 heterocycles. The Morgan fingerprint density at radius 3 is 2.85 bits per heavy atom. The number of piperazine rings is 1. The van der Waals surface area contributed by atoms with Gasteiger partial charge in [-0.25, -0.2) is 9.97 Å². The molecule has 0 amide bonds. The number of likely N-dealkylation sites (N-methyl/N-ethyl adjacent to an activating group) is 1. The minimum absolute atomic E-state index is 0.243. The lowest BCUT2D eigenvalue weighted by atomic mass is 10.3. The van der Waals surface area contributed by atoms with E-state index in [1.807, 2.05) is 0 Å². The minimum atomic E-state index is -0.243.